The molecule has 3 heteroatoms. The smallest absolute Gasteiger partial charge is 0.125 e. The van der Waals surface area contributed by atoms with Gasteiger partial charge in [-0.25, -0.2) is 4.39 Å². The van der Waals surface area contributed by atoms with Crippen molar-refractivity contribution >= 4 is 17.3 Å². The Labute approximate surface area is 107 Å². The van der Waals surface area contributed by atoms with E-state index in [1.165, 1.54) is 18.6 Å². The maximum atomic E-state index is 13.1. The lowest BCUT2D eigenvalue weighted by Crippen LogP contribution is -2.30. The highest BCUT2D eigenvalue weighted by Crippen LogP contribution is 2.32. The minimum Gasteiger partial charge on any atom is -0.381 e. The standard InChI is InChI=1S/C14H19ClFN/c1-9-3-5-12(7-10(9)2)17-14-8-11(16)4-6-13(14)15/h4,6,8-10,12,17H,3,5,7H2,1-2H3. The molecule has 1 fully saturated rings. The van der Waals surface area contributed by atoms with E-state index in [0.29, 0.717) is 17.0 Å². The highest BCUT2D eigenvalue weighted by atomic mass is 35.5. The molecule has 0 aromatic heterocycles. The Kier molecular flexibility index (Phi) is 3.93. The molecule has 3 atom stereocenters. The molecule has 94 valence electrons. The van der Waals surface area contributed by atoms with Crippen molar-refractivity contribution < 1.29 is 4.39 Å². The normalized spacial score (nSPS) is 29.1. The summed E-state index contributed by atoms with van der Waals surface area (Å²) < 4.78 is 13.1. The van der Waals surface area contributed by atoms with Gasteiger partial charge in [0.2, 0.25) is 0 Å². The van der Waals surface area contributed by atoms with Crippen LogP contribution in [0.25, 0.3) is 0 Å². The molecule has 0 saturated heterocycles. The van der Waals surface area contributed by atoms with Crippen molar-refractivity contribution in [1.29, 1.82) is 0 Å². The lowest BCUT2D eigenvalue weighted by molar-refractivity contribution is 0.261. The van der Waals surface area contributed by atoms with E-state index in [9.17, 15) is 4.39 Å². The highest BCUT2D eigenvalue weighted by Gasteiger charge is 2.24. The van der Waals surface area contributed by atoms with E-state index in [1.54, 1.807) is 6.07 Å². The molecule has 0 spiro atoms. The summed E-state index contributed by atoms with van der Waals surface area (Å²) in [6.45, 7) is 4.59. The molecular formula is C14H19ClFN. The molecule has 0 radical (unpaired) electrons. The Balaban J connectivity index is 2.03. The SMILES string of the molecule is CC1CCC(Nc2cc(F)ccc2Cl)CC1C. The fourth-order valence-corrected chi connectivity index (χ4v) is 2.68. The van der Waals surface area contributed by atoms with Crippen molar-refractivity contribution in [3.8, 4) is 0 Å². The van der Waals surface area contributed by atoms with Crippen molar-refractivity contribution in [2.24, 2.45) is 11.8 Å². The van der Waals surface area contributed by atoms with Crippen LogP contribution in [0.3, 0.4) is 0 Å². The second kappa shape index (κ2) is 5.26. The number of halogens is 2. The zero-order chi connectivity index (χ0) is 12.4. The molecule has 1 aromatic rings. The predicted molar refractivity (Wildman–Crippen MR) is 71.0 cm³/mol. The van der Waals surface area contributed by atoms with Gasteiger partial charge in [-0.1, -0.05) is 25.4 Å². The summed E-state index contributed by atoms with van der Waals surface area (Å²) in [5, 5.41) is 3.96. The lowest BCUT2D eigenvalue weighted by atomic mass is 9.79. The number of anilines is 1. The van der Waals surface area contributed by atoms with Crippen molar-refractivity contribution in [2.45, 2.75) is 39.2 Å². The molecule has 17 heavy (non-hydrogen) atoms. The lowest BCUT2D eigenvalue weighted by Gasteiger charge is -2.33. The van der Waals surface area contributed by atoms with Gasteiger partial charge >= 0.3 is 0 Å². The van der Waals surface area contributed by atoms with Crippen LogP contribution in [0, 0.1) is 17.7 Å². The molecular weight excluding hydrogens is 237 g/mol. The minimum absolute atomic E-state index is 0.242. The van der Waals surface area contributed by atoms with Crippen LogP contribution in [0.1, 0.15) is 33.1 Å². The van der Waals surface area contributed by atoms with Crippen molar-refractivity contribution in [2.75, 3.05) is 5.32 Å². The molecule has 1 saturated carbocycles. The molecule has 1 aliphatic rings. The first kappa shape index (κ1) is 12.7. The number of hydrogen-bond acceptors (Lipinski definition) is 1. The molecule has 1 N–H and O–H groups in total. The average Bonchev–Trinajstić information content (AvgIpc) is 2.29. The molecule has 1 nitrogen and oxygen atoms in total. The largest absolute Gasteiger partial charge is 0.381 e. The summed E-state index contributed by atoms with van der Waals surface area (Å²) in [5.41, 5.74) is 0.721. The second-order valence-corrected chi connectivity index (χ2v) is 5.64. The Morgan fingerprint density at radius 1 is 1.24 bits per heavy atom. The molecule has 3 unspecified atom stereocenters. The summed E-state index contributed by atoms with van der Waals surface area (Å²) >= 11 is 6.05. The Hall–Kier alpha value is -0.760. The third kappa shape index (κ3) is 3.12. The quantitative estimate of drug-likeness (QED) is 0.807. The number of hydrogen-bond donors (Lipinski definition) is 1. The molecule has 1 aliphatic carbocycles. The zero-order valence-electron chi connectivity index (χ0n) is 10.3. The van der Waals surface area contributed by atoms with Crippen LogP contribution >= 0.6 is 11.6 Å². The first-order valence-corrected chi connectivity index (χ1v) is 6.65. The highest BCUT2D eigenvalue weighted by molar-refractivity contribution is 6.33. The third-order valence-electron chi connectivity index (χ3n) is 3.89. The van der Waals surface area contributed by atoms with E-state index < -0.39 is 0 Å². The zero-order valence-corrected chi connectivity index (χ0v) is 11.1. The van der Waals surface area contributed by atoms with Gasteiger partial charge in [0.1, 0.15) is 5.82 Å². The summed E-state index contributed by atoms with van der Waals surface area (Å²) in [7, 11) is 0. The van der Waals surface area contributed by atoms with Crippen LogP contribution in [0.4, 0.5) is 10.1 Å². The molecule has 2 rings (SSSR count). The van der Waals surface area contributed by atoms with Crippen LogP contribution in [0.15, 0.2) is 18.2 Å². The van der Waals surface area contributed by atoms with Crippen molar-refractivity contribution in [3.05, 3.63) is 29.0 Å². The van der Waals surface area contributed by atoms with Gasteiger partial charge in [0.25, 0.3) is 0 Å². The van der Waals surface area contributed by atoms with Crippen LogP contribution in [0.2, 0.25) is 5.02 Å². The Bertz CT molecular complexity index is 394. The predicted octanol–water partition coefficient (Wildman–Crippen LogP) is 4.72. The Morgan fingerprint density at radius 2 is 2.00 bits per heavy atom. The Morgan fingerprint density at radius 3 is 2.71 bits per heavy atom. The van der Waals surface area contributed by atoms with E-state index in [4.69, 9.17) is 11.6 Å². The van der Waals surface area contributed by atoms with Crippen LogP contribution in [-0.4, -0.2) is 6.04 Å². The van der Waals surface area contributed by atoms with Crippen LogP contribution in [0.5, 0.6) is 0 Å². The number of nitrogens with one attached hydrogen (secondary N) is 1. The van der Waals surface area contributed by atoms with Gasteiger partial charge in [0.15, 0.2) is 0 Å². The summed E-state index contributed by atoms with van der Waals surface area (Å²) in [6.07, 6.45) is 3.50. The van der Waals surface area contributed by atoms with E-state index >= 15 is 0 Å². The van der Waals surface area contributed by atoms with Gasteiger partial charge in [-0.15, -0.1) is 0 Å². The third-order valence-corrected chi connectivity index (χ3v) is 4.22. The van der Waals surface area contributed by atoms with E-state index in [2.05, 4.69) is 19.2 Å². The fraction of sp³-hybridized carbons (Fsp3) is 0.571. The molecule has 0 bridgehead atoms. The summed E-state index contributed by atoms with van der Waals surface area (Å²) in [6, 6.07) is 4.89. The van der Waals surface area contributed by atoms with Crippen molar-refractivity contribution in [1.82, 2.24) is 0 Å². The number of benzene rings is 1. The first-order valence-electron chi connectivity index (χ1n) is 6.28. The topological polar surface area (TPSA) is 12.0 Å². The maximum absolute atomic E-state index is 13.1. The number of rotatable bonds is 2. The van der Waals surface area contributed by atoms with Crippen molar-refractivity contribution in [3.63, 3.8) is 0 Å². The van der Waals surface area contributed by atoms with Crippen LogP contribution in [-0.2, 0) is 0 Å². The van der Waals surface area contributed by atoms with E-state index in [1.807, 2.05) is 0 Å². The van der Waals surface area contributed by atoms with Gasteiger partial charge in [-0.3, -0.25) is 0 Å². The van der Waals surface area contributed by atoms with E-state index in [-0.39, 0.29) is 5.82 Å². The average molecular weight is 256 g/mol. The van der Waals surface area contributed by atoms with Gasteiger partial charge < -0.3 is 5.32 Å². The van der Waals surface area contributed by atoms with Gasteiger partial charge in [-0.05, 0) is 49.3 Å². The summed E-state index contributed by atoms with van der Waals surface area (Å²) in [5.74, 6) is 1.26. The monoisotopic (exact) mass is 255 g/mol. The van der Waals surface area contributed by atoms with Crippen LogP contribution < -0.4 is 5.32 Å². The molecule has 0 heterocycles. The molecule has 0 amide bonds. The minimum atomic E-state index is -0.242. The van der Waals surface area contributed by atoms with Gasteiger partial charge in [0, 0.05) is 6.04 Å². The first-order chi connectivity index (χ1) is 8.06. The maximum Gasteiger partial charge on any atom is 0.125 e. The molecule has 1 aromatic carbocycles. The second-order valence-electron chi connectivity index (χ2n) is 5.23. The summed E-state index contributed by atoms with van der Waals surface area (Å²) in [4.78, 5) is 0. The fourth-order valence-electron chi connectivity index (χ4n) is 2.51. The van der Waals surface area contributed by atoms with Gasteiger partial charge in [-0.2, -0.15) is 0 Å². The molecule has 0 aliphatic heterocycles. The van der Waals surface area contributed by atoms with Gasteiger partial charge in [0.05, 0.1) is 10.7 Å². The van der Waals surface area contributed by atoms with E-state index in [0.717, 1.165) is 24.4 Å².